The summed E-state index contributed by atoms with van der Waals surface area (Å²) in [6.45, 7) is 7.94. The van der Waals surface area contributed by atoms with Gasteiger partial charge in [0.25, 0.3) is 5.91 Å². The predicted octanol–water partition coefficient (Wildman–Crippen LogP) is 2.60. The predicted molar refractivity (Wildman–Crippen MR) is 91.4 cm³/mol. The van der Waals surface area contributed by atoms with Gasteiger partial charge in [-0.2, -0.15) is 0 Å². The number of rotatable bonds is 6. The Morgan fingerprint density at radius 3 is 2.65 bits per heavy atom. The number of ether oxygens (including phenoxy) is 2. The molecular weight excluding hydrogens is 339 g/mol. The number of nitrogens with one attached hydrogen (secondary N) is 1. The van der Waals surface area contributed by atoms with Crippen LogP contribution in [-0.4, -0.2) is 55.8 Å². The minimum Gasteiger partial charge on any atom is -0.484 e. The van der Waals surface area contributed by atoms with E-state index in [9.17, 15) is 4.79 Å². The fourth-order valence-electron chi connectivity index (χ4n) is 2.36. The average Bonchev–Trinajstić information content (AvgIpc) is 2.55. The van der Waals surface area contributed by atoms with Gasteiger partial charge in [0.05, 0.1) is 23.3 Å². The number of hydrogen-bond donors (Lipinski definition) is 1. The van der Waals surface area contributed by atoms with Crippen LogP contribution in [0.5, 0.6) is 5.75 Å². The zero-order valence-corrected chi connectivity index (χ0v) is 14.9. The lowest BCUT2D eigenvalue weighted by Crippen LogP contribution is -2.55. The third kappa shape index (κ3) is 5.53. The quantitative estimate of drug-likeness (QED) is 0.846. The summed E-state index contributed by atoms with van der Waals surface area (Å²) in [7, 11) is 0. The summed E-state index contributed by atoms with van der Waals surface area (Å²) in [6.07, 6.45) is 0. The van der Waals surface area contributed by atoms with E-state index in [1.807, 2.05) is 0 Å². The summed E-state index contributed by atoms with van der Waals surface area (Å²) in [5, 5.41) is 3.77. The average molecular weight is 361 g/mol. The molecule has 0 unspecified atom stereocenters. The van der Waals surface area contributed by atoms with Crippen molar-refractivity contribution in [3.05, 3.63) is 28.2 Å². The van der Waals surface area contributed by atoms with Gasteiger partial charge in [0.15, 0.2) is 6.61 Å². The second-order valence-corrected chi connectivity index (χ2v) is 6.87. The van der Waals surface area contributed by atoms with Crippen molar-refractivity contribution in [2.24, 2.45) is 0 Å². The van der Waals surface area contributed by atoms with Gasteiger partial charge < -0.3 is 14.8 Å². The molecule has 0 aromatic heterocycles. The monoisotopic (exact) mass is 360 g/mol. The molecule has 128 valence electrons. The lowest BCUT2D eigenvalue weighted by molar-refractivity contribution is -0.123. The molecule has 0 spiro atoms. The molecule has 5 nitrogen and oxygen atoms in total. The molecule has 23 heavy (non-hydrogen) atoms. The van der Waals surface area contributed by atoms with E-state index in [1.54, 1.807) is 18.2 Å². The molecule has 1 amide bonds. The maximum Gasteiger partial charge on any atom is 0.258 e. The zero-order chi connectivity index (χ0) is 16.9. The molecule has 7 heteroatoms. The van der Waals surface area contributed by atoms with E-state index in [1.165, 1.54) is 0 Å². The summed E-state index contributed by atoms with van der Waals surface area (Å²) in [5.41, 5.74) is -0.122. The van der Waals surface area contributed by atoms with Gasteiger partial charge >= 0.3 is 0 Å². The first-order valence-corrected chi connectivity index (χ1v) is 8.31. The number of amides is 1. The molecule has 0 radical (unpaired) electrons. The number of carbonyl (C=O) groups is 1. The molecule has 0 bridgehead atoms. The first kappa shape index (κ1) is 18.3. The van der Waals surface area contributed by atoms with Crippen LogP contribution in [0.2, 0.25) is 10.0 Å². The highest BCUT2D eigenvalue weighted by atomic mass is 35.5. The van der Waals surface area contributed by atoms with Gasteiger partial charge in [0.1, 0.15) is 5.75 Å². The van der Waals surface area contributed by atoms with Gasteiger partial charge in [-0.15, -0.1) is 0 Å². The van der Waals surface area contributed by atoms with Crippen molar-refractivity contribution in [1.82, 2.24) is 10.2 Å². The zero-order valence-electron chi connectivity index (χ0n) is 13.4. The molecule has 1 aromatic rings. The topological polar surface area (TPSA) is 50.8 Å². The second kappa shape index (κ2) is 8.20. The Balaban J connectivity index is 1.76. The normalized spacial score (nSPS) is 16.2. The summed E-state index contributed by atoms with van der Waals surface area (Å²) < 4.78 is 10.8. The molecule has 0 atom stereocenters. The number of hydrogen-bond acceptors (Lipinski definition) is 4. The largest absolute Gasteiger partial charge is 0.484 e. The van der Waals surface area contributed by atoms with Crippen molar-refractivity contribution in [1.29, 1.82) is 0 Å². The third-order valence-corrected chi connectivity index (χ3v) is 4.59. The van der Waals surface area contributed by atoms with Crippen molar-refractivity contribution < 1.29 is 14.3 Å². The van der Waals surface area contributed by atoms with Crippen molar-refractivity contribution in [2.75, 3.05) is 39.5 Å². The lowest BCUT2D eigenvalue weighted by Gasteiger charge is -2.40. The van der Waals surface area contributed by atoms with E-state index in [-0.39, 0.29) is 18.1 Å². The molecular formula is C16H22Cl2N2O3. The Hall–Kier alpha value is -1.01. The van der Waals surface area contributed by atoms with Crippen LogP contribution in [0.1, 0.15) is 13.8 Å². The van der Waals surface area contributed by atoms with Crippen molar-refractivity contribution in [3.63, 3.8) is 0 Å². The van der Waals surface area contributed by atoms with Crippen LogP contribution in [0.25, 0.3) is 0 Å². The van der Waals surface area contributed by atoms with Crippen LogP contribution >= 0.6 is 23.2 Å². The number of carbonyl (C=O) groups excluding carboxylic acids is 1. The van der Waals surface area contributed by atoms with Crippen LogP contribution in [0.3, 0.4) is 0 Å². The molecule has 1 fully saturated rings. The summed E-state index contributed by atoms with van der Waals surface area (Å²) in [5.74, 6) is 0.347. The minimum atomic E-state index is -0.169. The van der Waals surface area contributed by atoms with Crippen LogP contribution in [0.15, 0.2) is 18.2 Å². The molecule has 1 aliphatic rings. The fraction of sp³-hybridized carbons (Fsp3) is 0.562. The standard InChI is InChI=1S/C16H22Cl2N2O3/c1-16(2,20-5-7-22-8-6-20)11-19-15(21)10-23-12-3-4-13(17)14(18)9-12/h3-4,9H,5-8,10-11H2,1-2H3,(H,19,21). The molecule has 2 rings (SSSR count). The molecule has 1 aliphatic heterocycles. The highest BCUT2D eigenvalue weighted by Gasteiger charge is 2.28. The summed E-state index contributed by atoms with van der Waals surface area (Å²) in [4.78, 5) is 14.3. The third-order valence-electron chi connectivity index (χ3n) is 3.85. The summed E-state index contributed by atoms with van der Waals surface area (Å²) >= 11 is 11.7. The first-order valence-electron chi connectivity index (χ1n) is 7.56. The van der Waals surface area contributed by atoms with E-state index < -0.39 is 0 Å². The Labute approximate surface area is 146 Å². The number of halogens is 2. The van der Waals surface area contributed by atoms with Gasteiger partial charge in [-0.1, -0.05) is 23.2 Å². The Bertz CT molecular complexity index is 546. The molecule has 1 aromatic carbocycles. The maximum atomic E-state index is 12.0. The second-order valence-electron chi connectivity index (χ2n) is 6.05. The van der Waals surface area contributed by atoms with Gasteiger partial charge in [-0.05, 0) is 26.0 Å². The van der Waals surface area contributed by atoms with E-state index >= 15 is 0 Å². The van der Waals surface area contributed by atoms with Crippen LogP contribution < -0.4 is 10.1 Å². The summed E-state index contributed by atoms with van der Waals surface area (Å²) in [6, 6.07) is 4.91. The van der Waals surface area contributed by atoms with Gasteiger partial charge in [-0.3, -0.25) is 9.69 Å². The number of nitrogens with zero attached hydrogens (tertiary/aromatic N) is 1. The molecule has 1 heterocycles. The highest BCUT2D eigenvalue weighted by molar-refractivity contribution is 6.42. The molecule has 1 saturated heterocycles. The van der Waals surface area contributed by atoms with E-state index in [0.29, 0.717) is 22.3 Å². The first-order chi connectivity index (χ1) is 10.9. The smallest absolute Gasteiger partial charge is 0.258 e. The van der Waals surface area contributed by atoms with E-state index in [2.05, 4.69) is 24.1 Å². The SMILES string of the molecule is CC(C)(CNC(=O)COc1ccc(Cl)c(Cl)c1)N1CCOCC1. The van der Waals surface area contributed by atoms with Crippen molar-refractivity contribution in [3.8, 4) is 5.75 Å². The van der Waals surface area contributed by atoms with Gasteiger partial charge in [-0.25, -0.2) is 0 Å². The van der Waals surface area contributed by atoms with Crippen LogP contribution in [0, 0.1) is 0 Å². The van der Waals surface area contributed by atoms with Crippen molar-refractivity contribution in [2.45, 2.75) is 19.4 Å². The van der Waals surface area contributed by atoms with Gasteiger partial charge in [0.2, 0.25) is 0 Å². The Kier molecular flexibility index (Phi) is 6.53. The Morgan fingerprint density at radius 2 is 2.00 bits per heavy atom. The molecule has 0 aliphatic carbocycles. The number of benzene rings is 1. The minimum absolute atomic E-state index is 0.0584. The van der Waals surface area contributed by atoms with Crippen molar-refractivity contribution >= 4 is 29.1 Å². The lowest BCUT2D eigenvalue weighted by atomic mass is 10.0. The highest BCUT2D eigenvalue weighted by Crippen LogP contribution is 2.26. The van der Waals surface area contributed by atoms with E-state index in [4.69, 9.17) is 32.7 Å². The fourth-order valence-corrected chi connectivity index (χ4v) is 2.65. The van der Waals surface area contributed by atoms with Crippen LogP contribution in [-0.2, 0) is 9.53 Å². The molecule has 1 N–H and O–H groups in total. The maximum absolute atomic E-state index is 12.0. The number of morpholine rings is 1. The Morgan fingerprint density at radius 1 is 1.30 bits per heavy atom. The van der Waals surface area contributed by atoms with E-state index in [0.717, 1.165) is 26.3 Å². The molecule has 0 saturated carbocycles. The van der Waals surface area contributed by atoms with Crippen LogP contribution in [0.4, 0.5) is 0 Å². The van der Waals surface area contributed by atoms with Gasteiger partial charge in [0, 0.05) is 31.2 Å².